The van der Waals surface area contributed by atoms with Crippen LogP contribution >= 0.6 is 15.9 Å². The van der Waals surface area contributed by atoms with Crippen molar-refractivity contribution in [2.24, 2.45) is 5.92 Å². The van der Waals surface area contributed by atoms with Gasteiger partial charge in [-0.05, 0) is 24.3 Å². The monoisotopic (exact) mass is 353 g/mol. The van der Waals surface area contributed by atoms with Crippen LogP contribution in [0.1, 0.15) is 25.3 Å². The van der Waals surface area contributed by atoms with Crippen LogP contribution in [0, 0.1) is 5.92 Å². The Morgan fingerprint density at radius 3 is 2.71 bits per heavy atom. The van der Waals surface area contributed by atoms with Crippen LogP contribution in [0.15, 0.2) is 30.3 Å². The van der Waals surface area contributed by atoms with E-state index in [1.54, 1.807) is 4.90 Å². The molecule has 0 saturated carbocycles. The second kappa shape index (κ2) is 7.59. The van der Waals surface area contributed by atoms with Gasteiger partial charge in [-0.25, -0.2) is 4.79 Å². The highest BCUT2D eigenvalue weighted by molar-refractivity contribution is 9.09. The SMILES string of the molecule is CC1CCN(C(=O)OCc2ccccc2)C(C(=O)CBr)C1. The Morgan fingerprint density at radius 2 is 2.05 bits per heavy atom. The van der Waals surface area contributed by atoms with Crippen LogP contribution in [0.5, 0.6) is 0 Å². The number of alkyl halides is 1. The third-order valence-electron chi connectivity index (χ3n) is 3.81. The number of ether oxygens (including phenoxy) is 1. The summed E-state index contributed by atoms with van der Waals surface area (Å²) in [5, 5.41) is 0.271. The Balaban J connectivity index is 1.97. The predicted molar refractivity (Wildman–Crippen MR) is 84.3 cm³/mol. The summed E-state index contributed by atoms with van der Waals surface area (Å²) in [6.45, 7) is 2.93. The number of hydrogen-bond donors (Lipinski definition) is 0. The van der Waals surface area contributed by atoms with Crippen molar-refractivity contribution in [1.82, 2.24) is 4.90 Å². The second-order valence-corrected chi connectivity index (χ2v) is 6.04. The lowest BCUT2D eigenvalue weighted by molar-refractivity contribution is -0.122. The van der Waals surface area contributed by atoms with E-state index in [0.717, 1.165) is 12.0 Å². The minimum absolute atomic E-state index is 0.0400. The molecule has 2 rings (SSSR count). The highest BCUT2D eigenvalue weighted by Gasteiger charge is 2.34. The number of carbonyl (C=O) groups excluding carboxylic acids is 2. The fraction of sp³-hybridized carbons (Fsp3) is 0.500. The maximum Gasteiger partial charge on any atom is 0.410 e. The minimum Gasteiger partial charge on any atom is -0.445 e. The van der Waals surface area contributed by atoms with Crippen LogP contribution in [-0.4, -0.2) is 34.7 Å². The highest BCUT2D eigenvalue weighted by atomic mass is 79.9. The molecule has 114 valence electrons. The lowest BCUT2D eigenvalue weighted by atomic mass is 9.91. The summed E-state index contributed by atoms with van der Waals surface area (Å²) >= 11 is 3.19. The number of piperidine rings is 1. The number of benzene rings is 1. The van der Waals surface area contributed by atoms with Crippen LogP contribution in [-0.2, 0) is 16.1 Å². The van der Waals surface area contributed by atoms with Gasteiger partial charge in [-0.1, -0.05) is 53.2 Å². The van der Waals surface area contributed by atoms with Crippen molar-refractivity contribution in [3.63, 3.8) is 0 Å². The molecule has 2 atom stereocenters. The van der Waals surface area contributed by atoms with Gasteiger partial charge in [0.15, 0.2) is 5.78 Å². The molecular weight excluding hydrogens is 334 g/mol. The molecular formula is C16H20BrNO3. The van der Waals surface area contributed by atoms with E-state index in [-0.39, 0.29) is 23.8 Å². The molecule has 2 unspecified atom stereocenters. The van der Waals surface area contributed by atoms with E-state index in [2.05, 4.69) is 22.9 Å². The molecule has 1 aliphatic rings. The topological polar surface area (TPSA) is 46.6 Å². The number of ketones is 1. The third-order valence-corrected chi connectivity index (χ3v) is 4.36. The normalized spacial score (nSPS) is 21.9. The van der Waals surface area contributed by atoms with Crippen molar-refractivity contribution >= 4 is 27.8 Å². The van der Waals surface area contributed by atoms with Crippen molar-refractivity contribution in [2.45, 2.75) is 32.4 Å². The average Bonchev–Trinajstić information content (AvgIpc) is 2.52. The van der Waals surface area contributed by atoms with E-state index >= 15 is 0 Å². The van der Waals surface area contributed by atoms with E-state index in [1.807, 2.05) is 30.3 Å². The number of hydrogen-bond acceptors (Lipinski definition) is 3. The Labute approximate surface area is 133 Å². The fourth-order valence-corrected chi connectivity index (χ4v) is 2.93. The molecule has 0 bridgehead atoms. The molecule has 1 fully saturated rings. The molecule has 0 spiro atoms. The number of rotatable bonds is 4. The summed E-state index contributed by atoms with van der Waals surface area (Å²) < 4.78 is 5.35. The van der Waals surface area contributed by atoms with Gasteiger partial charge in [0.2, 0.25) is 0 Å². The molecule has 1 aliphatic heterocycles. The van der Waals surface area contributed by atoms with Crippen molar-refractivity contribution in [3.8, 4) is 0 Å². The van der Waals surface area contributed by atoms with Gasteiger partial charge in [-0.3, -0.25) is 9.69 Å². The number of likely N-dealkylation sites (tertiary alicyclic amines) is 1. The van der Waals surface area contributed by atoms with Crippen molar-refractivity contribution < 1.29 is 14.3 Å². The molecule has 0 aliphatic carbocycles. The highest BCUT2D eigenvalue weighted by Crippen LogP contribution is 2.24. The summed E-state index contributed by atoms with van der Waals surface area (Å²) in [7, 11) is 0. The van der Waals surface area contributed by atoms with Crippen LogP contribution < -0.4 is 0 Å². The number of halogens is 1. The zero-order valence-electron chi connectivity index (χ0n) is 12.1. The quantitative estimate of drug-likeness (QED) is 0.779. The molecule has 21 heavy (non-hydrogen) atoms. The molecule has 1 amide bonds. The van der Waals surface area contributed by atoms with E-state index in [4.69, 9.17) is 4.74 Å². The first-order chi connectivity index (χ1) is 10.1. The number of carbonyl (C=O) groups is 2. The molecule has 1 aromatic rings. The number of Topliss-reactive ketones (excluding diaryl/α,β-unsaturated/α-hetero) is 1. The first-order valence-corrected chi connectivity index (χ1v) is 8.30. The Kier molecular flexibility index (Phi) is 5.79. The Bertz CT molecular complexity index is 492. The lowest BCUT2D eigenvalue weighted by Gasteiger charge is -2.36. The van der Waals surface area contributed by atoms with Gasteiger partial charge in [-0.15, -0.1) is 0 Å². The first-order valence-electron chi connectivity index (χ1n) is 7.17. The molecule has 5 heteroatoms. The smallest absolute Gasteiger partial charge is 0.410 e. The van der Waals surface area contributed by atoms with Crippen LogP contribution in [0.4, 0.5) is 4.79 Å². The van der Waals surface area contributed by atoms with Crippen LogP contribution in [0.2, 0.25) is 0 Å². The maximum absolute atomic E-state index is 12.2. The van der Waals surface area contributed by atoms with Crippen molar-refractivity contribution in [2.75, 3.05) is 11.9 Å². The molecule has 1 saturated heterocycles. The largest absolute Gasteiger partial charge is 0.445 e. The zero-order chi connectivity index (χ0) is 15.2. The average molecular weight is 354 g/mol. The van der Waals surface area contributed by atoms with Gasteiger partial charge in [0, 0.05) is 6.54 Å². The van der Waals surface area contributed by atoms with Gasteiger partial charge in [-0.2, -0.15) is 0 Å². The van der Waals surface area contributed by atoms with E-state index in [0.29, 0.717) is 18.9 Å². The van der Waals surface area contributed by atoms with Crippen LogP contribution in [0.3, 0.4) is 0 Å². The maximum atomic E-state index is 12.2. The van der Waals surface area contributed by atoms with E-state index in [9.17, 15) is 9.59 Å². The summed E-state index contributed by atoms with van der Waals surface area (Å²) in [6, 6.07) is 9.18. The third kappa shape index (κ3) is 4.30. The zero-order valence-corrected chi connectivity index (χ0v) is 13.7. The molecule has 0 N–H and O–H groups in total. The molecule has 1 aromatic carbocycles. The summed E-state index contributed by atoms with van der Waals surface area (Å²) in [5.41, 5.74) is 0.944. The first kappa shape index (κ1) is 16.0. The number of nitrogens with zero attached hydrogens (tertiary/aromatic N) is 1. The predicted octanol–water partition coefficient (Wildman–Crippen LogP) is 3.39. The standard InChI is InChI=1S/C16H20BrNO3/c1-12-7-8-18(14(9-12)15(19)10-17)16(20)21-11-13-5-3-2-4-6-13/h2-6,12,14H,7-11H2,1H3. The number of amides is 1. The van der Waals surface area contributed by atoms with Crippen molar-refractivity contribution in [3.05, 3.63) is 35.9 Å². The van der Waals surface area contributed by atoms with Gasteiger partial charge in [0.1, 0.15) is 6.61 Å². The van der Waals surface area contributed by atoms with Crippen LogP contribution in [0.25, 0.3) is 0 Å². The summed E-state index contributed by atoms with van der Waals surface area (Å²) in [6.07, 6.45) is 1.22. The summed E-state index contributed by atoms with van der Waals surface area (Å²) in [5.74, 6) is 0.495. The minimum atomic E-state index is -0.398. The fourth-order valence-electron chi connectivity index (χ4n) is 2.56. The van der Waals surface area contributed by atoms with E-state index in [1.165, 1.54) is 0 Å². The summed E-state index contributed by atoms with van der Waals surface area (Å²) in [4.78, 5) is 25.8. The Morgan fingerprint density at radius 1 is 1.33 bits per heavy atom. The Hall–Kier alpha value is -1.36. The van der Waals surface area contributed by atoms with Gasteiger partial charge in [0.05, 0.1) is 11.4 Å². The lowest BCUT2D eigenvalue weighted by Crippen LogP contribution is -2.50. The van der Waals surface area contributed by atoms with Gasteiger partial charge in [0.25, 0.3) is 0 Å². The van der Waals surface area contributed by atoms with Gasteiger partial charge >= 0.3 is 6.09 Å². The van der Waals surface area contributed by atoms with E-state index < -0.39 is 6.09 Å². The second-order valence-electron chi connectivity index (χ2n) is 5.48. The molecule has 0 radical (unpaired) electrons. The molecule has 0 aromatic heterocycles. The van der Waals surface area contributed by atoms with Crippen molar-refractivity contribution in [1.29, 1.82) is 0 Å². The molecule has 1 heterocycles. The van der Waals surface area contributed by atoms with Gasteiger partial charge < -0.3 is 4.74 Å². The molecule has 4 nitrogen and oxygen atoms in total.